The summed E-state index contributed by atoms with van der Waals surface area (Å²) in [5.41, 5.74) is 12.4. The van der Waals surface area contributed by atoms with Crippen LogP contribution in [0.5, 0.6) is 0 Å². The van der Waals surface area contributed by atoms with Crippen molar-refractivity contribution in [2.75, 3.05) is 4.90 Å². The van der Waals surface area contributed by atoms with Gasteiger partial charge in [0, 0.05) is 33.2 Å². The average Bonchev–Trinajstić information content (AvgIpc) is 3.48. The van der Waals surface area contributed by atoms with Crippen molar-refractivity contribution in [2.45, 2.75) is 19.3 Å². The zero-order chi connectivity index (χ0) is 27.6. The third-order valence-electron chi connectivity index (χ3n) is 8.74. The van der Waals surface area contributed by atoms with Gasteiger partial charge in [0.25, 0.3) is 0 Å². The molecule has 0 atom stereocenters. The van der Waals surface area contributed by atoms with E-state index < -0.39 is 0 Å². The molecule has 1 aliphatic rings. The van der Waals surface area contributed by atoms with Gasteiger partial charge in [-0.15, -0.1) is 0 Å². The van der Waals surface area contributed by atoms with Crippen LogP contribution in [0.3, 0.4) is 0 Å². The maximum Gasteiger partial charge on any atom is 0.0542 e. The molecule has 6 aromatic carbocycles. The Morgan fingerprint density at radius 2 is 1.17 bits per heavy atom. The minimum absolute atomic E-state index is 0.122. The number of rotatable bonds is 4. The first-order valence-electron chi connectivity index (χ1n) is 14.3. The maximum atomic E-state index is 2.44. The summed E-state index contributed by atoms with van der Waals surface area (Å²) in [6.45, 7) is 4.72. The van der Waals surface area contributed by atoms with E-state index in [-0.39, 0.29) is 5.41 Å². The summed E-state index contributed by atoms with van der Waals surface area (Å²) in [5, 5.41) is 2.50. The Morgan fingerprint density at radius 3 is 2.00 bits per heavy atom. The van der Waals surface area contributed by atoms with Crippen molar-refractivity contribution in [3.8, 4) is 16.8 Å². The second-order valence-electron chi connectivity index (χ2n) is 11.4. The van der Waals surface area contributed by atoms with Crippen LogP contribution >= 0.6 is 0 Å². The third-order valence-corrected chi connectivity index (χ3v) is 8.74. The topological polar surface area (TPSA) is 8.17 Å². The number of fused-ring (bicyclic) bond motifs is 6. The number of benzene rings is 6. The molecule has 0 saturated carbocycles. The second kappa shape index (κ2) is 8.97. The van der Waals surface area contributed by atoms with Gasteiger partial charge in [0.2, 0.25) is 0 Å². The molecule has 2 heteroatoms. The van der Waals surface area contributed by atoms with Gasteiger partial charge in [0.05, 0.1) is 16.7 Å². The van der Waals surface area contributed by atoms with Crippen LogP contribution in [-0.2, 0) is 5.41 Å². The van der Waals surface area contributed by atoms with E-state index in [1.165, 1.54) is 55.4 Å². The Kier molecular flexibility index (Phi) is 5.20. The predicted octanol–water partition coefficient (Wildman–Crippen LogP) is 10.6. The van der Waals surface area contributed by atoms with Gasteiger partial charge in [-0.2, -0.15) is 0 Å². The molecule has 0 aliphatic heterocycles. The molecule has 1 heterocycles. The Morgan fingerprint density at radius 1 is 0.512 bits per heavy atom. The molecule has 0 saturated heterocycles. The van der Waals surface area contributed by atoms with Gasteiger partial charge in [-0.25, -0.2) is 0 Å². The van der Waals surface area contributed by atoms with Crippen molar-refractivity contribution >= 4 is 38.9 Å². The fourth-order valence-electron chi connectivity index (χ4n) is 6.96. The van der Waals surface area contributed by atoms with E-state index in [0.717, 1.165) is 11.4 Å². The molecule has 0 radical (unpaired) electrons. The number of nitrogens with zero attached hydrogens (tertiary/aromatic N) is 2. The first-order chi connectivity index (χ1) is 20.1. The van der Waals surface area contributed by atoms with E-state index in [1.54, 1.807) is 0 Å². The lowest BCUT2D eigenvalue weighted by Gasteiger charge is -2.32. The van der Waals surface area contributed by atoms with Crippen LogP contribution in [0.2, 0.25) is 0 Å². The van der Waals surface area contributed by atoms with E-state index in [9.17, 15) is 0 Å². The number of hydrogen-bond acceptors (Lipinski definition) is 1. The van der Waals surface area contributed by atoms with E-state index in [0.29, 0.717) is 0 Å². The quantitative estimate of drug-likeness (QED) is 0.221. The molecule has 196 valence electrons. The van der Waals surface area contributed by atoms with Crippen LogP contribution < -0.4 is 4.90 Å². The van der Waals surface area contributed by atoms with Crippen molar-refractivity contribution < 1.29 is 0 Å². The molecule has 0 N–H and O–H groups in total. The molecule has 0 spiro atoms. The number of para-hydroxylation sites is 3. The Labute approximate surface area is 240 Å². The zero-order valence-corrected chi connectivity index (χ0v) is 23.3. The fourth-order valence-corrected chi connectivity index (χ4v) is 6.96. The fraction of sp³-hybridized carbons (Fsp3) is 0.0769. The molecule has 2 nitrogen and oxygen atoms in total. The first-order valence-corrected chi connectivity index (χ1v) is 14.3. The van der Waals surface area contributed by atoms with E-state index in [4.69, 9.17) is 0 Å². The largest absolute Gasteiger partial charge is 0.310 e. The first kappa shape index (κ1) is 23.8. The van der Waals surface area contributed by atoms with Crippen LogP contribution in [0, 0.1) is 0 Å². The van der Waals surface area contributed by atoms with E-state index in [1.807, 2.05) is 0 Å². The zero-order valence-electron chi connectivity index (χ0n) is 23.3. The highest BCUT2D eigenvalue weighted by Gasteiger charge is 2.38. The van der Waals surface area contributed by atoms with Gasteiger partial charge in [-0.05, 0) is 76.9 Å². The van der Waals surface area contributed by atoms with Crippen molar-refractivity contribution in [1.82, 2.24) is 4.57 Å². The molecule has 0 fully saturated rings. The van der Waals surface area contributed by atoms with Crippen molar-refractivity contribution in [1.29, 1.82) is 0 Å². The SMILES string of the molecule is CC1(C)c2ccccc2-c2cccc(N(c3ccccc3)c3ccc4c(c3)c3ccccc3n4-c3ccccc3)c21. The Balaban J connectivity index is 1.40. The molecule has 1 aromatic heterocycles. The summed E-state index contributed by atoms with van der Waals surface area (Å²) in [7, 11) is 0. The highest BCUT2D eigenvalue weighted by atomic mass is 15.1. The third kappa shape index (κ3) is 3.50. The molecule has 7 aromatic rings. The number of hydrogen-bond donors (Lipinski definition) is 0. The molecule has 0 unspecified atom stereocenters. The van der Waals surface area contributed by atoms with Crippen LogP contribution in [0.25, 0.3) is 38.6 Å². The number of anilines is 3. The van der Waals surface area contributed by atoms with Gasteiger partial charge in [0.1, 0.15) is 0 Å². The molecule has 1 aliphatic carbocycles. The Hall–Kier alpha value is -5.08. The normalized spacial score (nSPS) is 13.3. The van der Waals surface area contributed by atoms with Gasteiger partial charge in [0.15, 0.2) is 0 Å². The highest BCUT2D eigenvalue weighted by Crippen LogP contribution is 2.54. The van der Waals surface area contributed by atoms with Gasteiger partial charge >= 0.3 is 0 Å². The maximum absolute atomic E-state index is 2.44. The summed E-state index contributed by atoms with van der Waals surface area (Å²) in [6, 6.07) is 52.8. The number of aromatic nitrogens is 1. The van der Waals surface area contributed by atoms with Crippen LogP contribution in [0.1, 0.15) is 25.0 Å². The molecule has 41 heavy (non-hydrogen) atoms. The molecule has 0 bridgehead atoms. The average molecular weight is 527 g/mol. The van der Waals surface area contributed by atoms with E-state index in [2.05, 4.69) is 169 Å². The minimum atomic E-state index is -0.122. The standard InChI is InChI=1S/C39H30N2/c1-39(2)34-21-11-9-18-30(34)32-20-13-23-37(38(32)39)40(27-14-5-3-6-15-27)29-24-25-36-33(26-29)31-19-10-12-22-35(31)41(36)28-16-7-4-8-17-28/h3-26H,1-2H3. The summed E-state index contributed by atoms with van der Waals surface area (Å²) < 4.78 is 2.38. The van der Waals surface area contributed by atoms with Crippen molar-refractivity contribution in [2.24, 2.45) is 0 Å². The van der Waals surface area contributed by atoms with E-state index >= 15 is 0 Å². The van der Waals surface area contributed by atoms with Crippen molar-refractivity contribution in [3.63, 3.8) is 0 Å². The summed E-state index contributed by atoms with van der Waals surface area (Å²) >= 11 is 0. The lowest BCUT2D eigenvalue weighted by molar-refractivity contribution is 0.661. The molecular formula is C39H30N2. The Bertz CT molecular complexity index is 2070. The van der Waals surface area contributed by atoms with Crippen LogP contribution in [0.15, 0.2) is 146 Å². The summed E-state index contributed by atoms with van der Waals surface area (Å²) in [6.07, 6.45) is 0. The molecule has 0 amide bonds. The lowest BCUT2D eigenvalue weighted by atomic mass is 9.81. The second-order valence-corrected chi connectivity index (χ2v) is 11.4. The minimum Gasteiger partial charge on any atom is -0.310 e. The smallest absolute Gasteiger partial charge is 0.0542 e. The summed E-state index contributed by atoms with van der Waals surface area (Å²) in [5.74, 6) is 0. The lowest BCUT2D eigenvalue weighted by Crippen LogP contribution is -2.20. The highest BCUT2D eigenvalue weighted by molar-refractivity contribution is 6.10. The monoisotopic (exact) mass is 526 g/mol. The van der Waals surface area contributed by atoms with Crippen LogP contribution in [-0.4, -0.2) is 4.57 Å². The summed E-state index contributed by atoms with van der Waals surface area (Å²) in [4.78, 5) is 2.44. The molecule has 8 rings (SSSR count). The molecular weight excluding hydrogens is 496 g/mol. The van der Waals surface area contributed by atoms with Gasteiger partial charge in [-0.3, -0.25) is 0 Å². The van der Waals surface area contributed by atoms with Crippen molar-refractivity contribution in [3.05, 3.63) is 157 Å². The van der Waals surface area contributed by atoms with Gasteiger partial charge in [-0.1, -0.05) is 105 Å². The van der Waals surface area contributed by atoms with Crippen LogP contribution in [0.4, 0.5) is 17.1 Å². The predicted molar refractivity (Wildman–Crippen MR) is 173 cm³/mol. The van der Waals surface area contributed by atoms with Gasteiger partial charge < -0.3 is 9.47 Å².